The predicted octanol–water partition coefficient (Wildman–Crippen LogP) is 0.981. The summed E-state index contributed by atoms with van der Waals surface area (Å²) in [6.07, 6.45) is 2.21. The summed E-state index contributed by atoms with van der Waals surface area (Å²) in [5.74, 6) is -0.318. The third-order valence-electron chi connectivity index (χ3n) is 3.06. The molecule has 5 heteroatoms. The SMILES string of the molecule is O=C(Cl)CCN1CCC2(CC1)OCCO2. The van der Waals surface area contributed by atoms with Crippen LogP contribution in [-0.2, 0) is 14.3 Å². The van der Waals surface area contributed by atoms with E-state index in [1.54, 1.807) is 0 Å². The van der Waals surface area contributed by atoms with Crippen molar-refractivity contribution < 1.29 is 14.3 Å². The molecule has 86 valence electrons. The van der Waals surface area contributed by atoms with E-state index in [4.69, 9.17) is 21.1 Å². The Balaban J connectivity index is 1.74. The van der Waals surface area contributed by atoms with E-state index in [0.717, 1.165) is 32.5 Å². The van der Waals surface area contributed by atoms with Gasteiger partial charge in [0.1, 0.15) is 0 Å². The van der Waals surface area contributed by atoms with Crippen molar-refractivity contribution in [3.63, 3.8) is 0 Å². The molecule has 2 fully saturated rings. The monoisotopic (exact) mass is 233 g/mol. The van der Waals surface area contributed by atoms with Gasteiger partial charge in [-0.25, -0.2) is 0 Å². The van der Waals surface area contributed by atoms with Crippen molar-refractivity contribution in [1.29, 1.82) is 0 Å². The van der Waals surface area contributed by atoms with Gasteiger partial charge in [-0.05, 0) is 11.6 Å². The van der Waals surface area contributed by atoms with E-state index in [0.29, 0.717) is 19.6 Å². The fourth-order valence-corrected chi connectivity index (χ4v) is 2.23. The first-order valence-corrected chi connectivity index (χ1v) is 5.77. The van der Waals surface area contributed by atoms with Crippen molar-refractivity contribution in [1.82, 2.24) is 4.90 Å². The first-order chi connectivity index (χ1) is 7.20. The highest BCUT2D eigenvalue weighted by atomic mass is 35.5. The Labute approximate surface area is 94.5 Å². The molecule has 1 spiro atoms. The van der Waals surface area contributed by atoms with Crippen molar-refractivity contribution >= 4 is 16.8 Å². The minimum Gasteiger partial charge on any atom is -0.347 e. The van der Waals surface area contributed by atoms with E-state index < -0.39 is 0 Å². The molecule has 0 amide bonds. The molecule has 0 atom stereocenters. The molecule has 0 bridgehead atoms. The molecular formula is C10H16ClNO3. The van der Waals surface area contributed by atoms with Gasteiger partial charge in [0.15, 0.2) is 5.79 Å². The van der Waals surface area contributed by atoms with Crippen LogP contribution in [0.15, 0.2) is 0 Å². The summed E-state index contributed by atoms with van der Waals surface area (Å²) in [7, 11) is 0. The number of rotatable bonds is 3. The molecule has 15 heavy (non-hydrogen) atoms. The zero-order chi connectivity index (χ0) is 10.7. The maximum Gasteiger partial charge on any atom is 0.222 e. The summed E-state index contributed by atoms with van der Waals surface area (Å²) in [5.41, 5.74) is 0. The standard InChI is InChI=1S/C10H16ClNO3/c11-9(13)1-4-12-5-2-10(3-6-12)14-7-8-15-10/h1-8H2. The van der Waals surface area contributed by atoms with Crippen LogP contribution < -0.4 is 0 Å². The fourth-order valence-electron chi connectivity index (χ4n) is 2.15. The summed E-state index contributed by atoms with van der Waals surface area (Å²) in [6, 6.07) is 0. The zero-order valence-electron chi connectivity index (χ0n) is 8.71. The molecule has 2 aliphatic rings. The zero-order valence-corrected chi connectivity index (χ0v) is 9.46. The maximum absolute atomic E-state index is 10.6. The Kier molecular flexibility index (Phi) is 3.61. The molecule has 0 radical (unpaired) electrons. The summed E-state index contributed by atoms with van der Waals surface area (Å²) in [4.78, 5) is 12.9. The molecule has 0 N–H and O–H groups in total. The molecule has 0 unspecified atom stereocenters. The average Bonchev–Trinajstić information content (AvgIpc) is 2.66. The van der Waals surface area contributed by atoms with E-state index in [-0.39, 0.29) is 11.0 Å². The van der Waals surface area contributed by atoms with Crippen molar-refractivity contribution in [3.8, 4) is 0 Å². The number of nitrogens with zero attached hydrogens (tertiary/aromatic N) is 1. The molecule has 0 aliphatic carbocycles. The number of likely N-dealkylation sites (tertiary alicyclic amines) is 1. The minimum atomic E-state index is -0.318. The highest BCUT2D eigenvalue weighted by Gasteiger charge is 2.39. The molecule has 2 saturated heterocycles. The van der Waals surface area contributed by atoms with Gasteiger partial charge in [0.2, 0.25) is 5.24 Å². The van der Waals surface area contributed by atoms with Gasteiger partial charge in [-0.15, -0.1) is 0 Å². The molecule has 0 saturated carbocycles. The van der Waals surface area contributed by atoms with Crippen LogP contribution >= 0.6 is 11.6 Å². The van der Waals surface area contributed by atoms with E-state index in [2.05, 4.69) is 4.90 Å². The predicted molar refractivity (Wildman–Crippen MR) is 55.8 cm³/mol. The van der Waals surface area contributed by atoms with Gasteiger partial charge in [0, 0.05) is 38.9 Å². The first-order valence-electron chi connectivity index (χ1n) is 5.39. The van der Waals surface area contributed by atoms with Crippen molar-refractivity contribution in [2.45, 2.75) is 25.0 Å². The number of hydrogen-bond acceptors (Lipinski definition) is 4. The number of hydrogen-bond donors (Lipinski definition) is 0. The van der Waals surface area contributed by atoms with E-state index in [1.807, 2.05) is 0 Å². The lowest BCUT2D eigenvalue weighted by atomic mass is 10.0. The number of halogens is 1. The quantitative estimate of drug-likeness (QED) is 0.682. The van der Waals surface area contributed by atoms with Crippen LogP contribution in [0.5, 0.6) is 0 Å². The largest absolute Gasteiger partial charge is 0.347 e. The molecule has 2 heterocycles. The third kappa shape index (κ3) is 2.91. The summed E-state index contributed by atoms with van der Waals surface area (Å²) >= 11 is 5.30. The van der Waals surface area contributed by atoms with Gasteiger partial charge < -0.3 is 14.4 Å². The van der Waals surface area contributed by atoms with Crippen LogP contribution in [0.1, 0.15) is 19.3 Å². The second-order valence-electron chi connectivity index (χ2n) is 4.05. The van der Waals surface area contributed by atoms with Gasteiger partial charge >= 0.3 is 0 Å². The number of ether oxygens (including phenoxy) is 2. The highest BCUT2D eigenvalue weighted by molar-refractivity contribution is 6.63. The lowest BCUT2D eigenvalue weighted by molar-refractivity contribution is -0.185. The minimum absolute atomic E-state index is 0.261. The van der Waals surface area contributed by atoms with Gasteiger partial charge in [0.05, 0.1) is 13.2 Å². The third-order valence-corrected chi connectivity index (χ3v) is 3.24. The average molecular weight is 234 g/mol. The Bertz CT molecular complexity index is 231. The summed E-state index contributed by atoms with van der Waals surface area (Å²) < 4.78 is 11.2. The lowest BCUT2D eigenvalue weighted by Crippen LogP contribution is -2.45. The Hall–Kier alpha value is -0.160. The van der Waals surface area contributed by atoms with Crippen LogP contribution in [0.25, 0.3) is 0 Å². The van der Waals surface area contributed by atoms with Crippen molar-refractivity contribution in [2.75, 3.05) is 32.8 Å². The molecule has 2 rings (SSSR count). The van der Waals surface area contributed by atoms with E-state index >= 15 is 0 Å². The van der Waals surface area contributed by atoms with Crippen LogP contribution in [0.3, 0.4) is 0 Å². The number of carbonyl (C=O) groups excluding carboxylic acids is 1. The van der Waals surface area contributed by atoms with Crippen LogP contribution in [0.4, 0.5) is 0 Å². The normalized spacial score (nSPS) is 25.9. The first kappa shape index (κ1) is 11.3. The number of piperidine rings is 1. The van der Waals surface area contributed by atoms with Crippen molar-refractivity contribution in [2.24, 2.45) is 0 Å². The van der Waals surface area contributed by atoms with E-state index in [1.165, 1.54) is 0 Å². The van der Waals surface area contributed by atoms with Gasteiger partial charge in [0.25, 0.3) is 0 Å². The van der Waals surface area contributed by atoms with Gasteiger partial charge in [-0.1, -0.05) is 0 Å². The smallest absolute Gasteiger partial charge is 0.222 e. The molecule has 2 aliphatic heterocycles. The number of carbonyl (C=O) groups is 1. The van der Waals surface area contributed by atoms with Crippen molar-refractivity contribution in [3.05, 3.63) is 0 Å². The van der Waals surface area contributed by atoms with E-state index in [9.17, 15) is 4.79 Å². The Morgan fingerprint density at radius 3 is 2.40 bits per heavy atom. The van der Waals surface area contributed by atoms with Gasteiger partial charge in [-0.3, -0.25) is 4.79 Å². The van der Waals surface area contributed by atoms with Crippen LogP contribution in [0, 0.1) is 0 Å². The maximum atomic E-state index is 10.6. The highest BCUT2D eigenvalue weighted by Crippen LogP contribution is 2.31. The molecule has 0 aromatic heterocycles. The summed E-state index contributed by atoms with van der Waals surface area (Å²) in [5, 5.41) is -0.261. The fraction of sp³-hybridized carbons (Fsp3) is 0.900. The molecule has 0 aromatic rings. The topological polar surface area (TPSA) is 38.8 Å². The second-order valence-corrected chi connectivity index (χ2v) is 4.48. The molecule has 0 aromatic carbocycles. The Morgan fingerprint density at radius 1 is 1.27 bits per heavy atom. The summed E-state index contributed by atoms with van der Waals surface area (Å²) in [6.45, 7) is 4.01. The Morgan fingerprint density at radius 2 is 1.87 bits per heavy atom. The van der Waals surface area contributed by atoms with Crippen LogP contribution in [-0.4, -0.2) is 48.8 Å². The molecule has 4 nitrogen and oxygen atoms in total. The van der Waals surface area contributed by atoms with Crippen LogP contribution in [0.2, 0.25) is 0 Å². The second kappa shape index (κ2) is 4.78. The lowest BCUT2D eigenvalue weighted by Gasteiger charge is -2.37. The van der Waals surface area contributed by atoms with Gasteiger partial charge in [-0.2, -0.15) is 0 Å². The molecular weight excluding hydrogens is 218 g/mol.